The predicted molar refractivity (Wildman–Crippen MR) is 102 cm³/mol. The van der Waals surface area contributed by atoms with Gasteiger partial charge < -0.3 is 15.2 Å². The van der Waals surface area contributed by atoms with Crippen molar-refractivity contribution in [2.45, 2.75) is 38.1 Å². The molecule has 3 rings (SSSR count). The van der Waals surface area contributed by atoms with Crippen LogP contribution in [-0.4, -0.2) is 40.9 Å². The van der Waals surface area contributed by atoms with Crippen molar-refractivity contribution in [3.63, 3.8) is 0 Å². The summed E-state index contributed by atoms with van der Waals surface area (Å²) in [5.41, 5.74) is 1.81. The van der Waals surface area contributed by atoms with Gasteiger partial charge >= 0.3 is 12.1 Å². The number of nitrogens with zero attached hydrogens (tertiary/aromatic N) is 1. The Balaban J connectivity index is 1.63. The number of amides is 1. The minimum Gasteiger partial charge on any atom is -0.480 e. The molecule has 0 aliphatic carbocycles. The molecule has 2 aromatic carbocycles. The zero-order chi connectivity index (χ0) is 19.8. The fraction of sp³-hybridized carbons (Fsp3) is 0.333. The number of carbonyl (C=O) groups is 2. The van der Waals surface area contributed by atoms with Gasteiger partial charge in [0.25, 0.3) is 0 Å². The number of piperidine rings is 1. The Kier molecular flexibility index (Phi) is 7.00. The minimum absolute atomic E-state index is 0.142. The van der Waals surface area contributed by atoms with Crippen LogP contribution in [0, 0.1) is 0 Å². The van der Waals surface area contributed by atoms with Gasteiger partial charge in [-0.2, -0.15) is 5.06 Å². The lowest BCUT2D eigenvalue weighted by atomic mass is 10.0. The molecule has 1 fully saturated rings. The second-order valence-electron chi connectivity index (χ2n) is 6.66. The summed E-state index contributed by atoms with van der Waals surface area (Å²) in [5.74, 6) is -0.887. The topological polar surface area (TPSA) is 88.1 Å². The first kappa shape index (κ1) is 19.9. The van der Waals surface area contributed by atoms with Crippen molar-refractivity contribution in [3.8, 4) is 0 Å². The zero-order valence-electron chi connectivity index (χ0n) is 15.5. The van der Waals surface area contributed by atoms with Crippen molar-refractivity contribution < 1.29 is 24.3 Å². The summed E-state index contributed by atoms with van der Waals surface area (Å²) in [7, 11) is 0. The summed E-state index contributed by atoms with van der Waals surface area (Å²) in [6, 6.07) is 18.0. The molecule has 1 amide bonds. The van der Waals surface area contributed by atoms with E-state index in [0.29, 0.717) is 19.4 Å². The minimum atomic E-state index is -0.887. The van der Waals surface area contributed by atoms with Gasteiger partial charge in [-0.15, -0.1) is 0 Å². The van der Waals surface area contributed by atoms with Gasteiger partial charge in [0.1, 0.15) is 19.3 Å². The van der Waals surface area contributed by atoms with Gasteiger partial charge in [-0.05, 0) is 24.0 Å². The first-order valence-corrected chi connectivity index (χ1v) is 9.26. The molecule has 7 heteroatoms. The Morgan fingerprint density at radius 3 is 2.11 bits per heavy atom. The number of hydrogen-bond donors (Lipinski definition) is 2. The number of rotatable bonds is 7. The molecule has 0 radical (unpaired) electrons. The predicted octanol–water partition coefficient (Wildman–Crippen LogP) is 2.96. The molecule has 1 saturated heterocycles. The van der Waals surface area contributed by atoms with Crippen molar-refractivity contribution in [2.75, 3.05) is 6.54 Å². The van der Waals surface area contributed by atoms with Gasteiger partial charge in [0.05, 0.1) is 6.04 Å². The van der Waals surface area contributed by atoms with E-state index >= 15 is 0 Å². The van der Waals surface area contributed by atoms with Crippen LogP contribution in [0.25, 0.3) is 0 Å². The van der Waals surface area contributed by atoms with E-state index in [1.807, 2.05) is 60.7 Å². The van der Waals surface area contributed by atoms with E-state index in [9.17, 15) is 9.59 Å². The van der Waals surface area contributed by atoms with Crippen molar-refractivity contribution in [2.24, 2.45) is 0 Å². The highest BCUT2D eigenvalue weighted by atomic mass is 16.7. The van der Waals surface area contributed by atoms with Crippen molar-refractivity contribution in [1.29, 1.82) is 0 Å². The first-order valence-electron chi connectivity index (χ1n) is 9.26. The quantitative estimate of drug-likeness (QED) is 0.714. The Labute approximate surface area is 163 Å². The number of hydroxylamine groups is 2. The third-order valence-corrected chi connectivity index (χ3v) is 4.62. The molecule has 1 aliphatic rings. The van der Waals surface area contributed by atoms with Crippen LogP contribution < -0.4 is 5.32 Å². The molecule has 1 aliphatic heterocycles. The smallest absolute Gasteiger partial charge is 0.434 e. The van der Waals surface area contributed by atoms with Crippen LogP contribution in [0.1, 0.15) is 24.0 Å². The Morgan fingerprint density at radius 1 is 0.964 bits per heavy atom. The number of aliphatic carboxylic acids is 1. The van der Waals surface area contributed by atoms with E-state index in [4.69, 9.17) is 14.7 Å². The van der Waals surface area contributed by atoms with E-state index in [1.54, 1.807) is 0 Å². The number of carbonyl (C=O) groups excluding carboxylic acids is 1. The Hall–Kier alpha value is -2.90. The molecule has 0 unspecified atom stereocenters. The lowest BCUT2D eigenvalue weighted by Crippen LogP contribution is -2.53. The molecule has 0 aromatic heterocycles. The maximum atomic E-state index is 12.7. The summed E-state index contributed by atoms with van der Waals surface area (Å²) in [4.78, 5) is 29.6. The SMILES string of the molecule is O=C(O)[C@@H]1CC[C@@H](N(OCc2ccccc2)C(=O)OCc2ccccc2)CN1. The molecule has 0 bridgehead atoms. The molecule has 2 N–H and O–H groups in total. The molecule has 2 atom stereocenters. The molecule has 2 aromatic rings. The summed E-state index contributed by atoms with van der Waals surface area (Å²) >= 11 is 0. The van der Waals surface area contributed by atoms with E-state index < -0.39 is 18.1 Å². The normalized spacial score (nSPS) is 19.0. The van der Waals surface area contributed by atoms with Gasteiger partial charge in [-0.25, -0.2) is 4.79 Å². The van der Waals surface area contributed by atoms with Gasteiger partial charge in [-0.1, -0.05) is 60.7 Å². The fourth-order valence-electron chi connectivity index (χ4n) is 3.06. The molecule has 0 saturated carbocycles. The standard InChI is InChI=1S/C21H24N2O5/c24-20(25)19-12-11-18(13-22-19)23(28-15-17-9-5-2-6-10-17)21(26)27-14-16-7-3-1-4-8-16/h1-10,18-19,22H,11-15H2,(H,24,25)/t18-,19+/m1/s1. The van der Waals surface area contributed by atoms with Gasteiger partial charge in [0.15, 0.2) is 0 Å². The highest BCUT2D eigenvalue weighted by molar-refractivity contribution is 5.73. The fourth-order valence-corrected chi connectivity index (χ4v) is 3.06. The maximum absolute atomic E-state index is 12.7. The molecule has 7 nitrogen and oxygen atoms in total. The van der Waals surface area contributed by atoms with Crippen LogP contribution in [0.4, 0.5) is 4.79 Å². The Morgan fingerprint density at radius 2 is 1.57 bits per heavy atom. The van der Waals surface area contributed by atoms with Crippen LogP contribution in [0.2, 0.25) is 0 Å². The Bertz CT molecular complexity index is 761. The summed E-state index contributed by atoms with van der Waals surface area (Å²) in [6.07, 6.45) is 0.344. The largest absolute Gasteiger partial charge is 0.480 e. The van der Waals surface area contributed by atoms with Crippen LogP contribution in [0.5, 0.6) is 0 Å². The van der Waals surface area contributed by atoms with Gasteiger partial charge in [0, 0.05) is 6.54 Å². The molecular weight excluding hydrogens is 360 g/mol. The van der Waals surface area contributed by atoms with Crippen LogP contribution >= 0.6 is 0 Å². The van der Waals surface area contributed by atoms with Crippen molar-refractivity contribution in [1.82, 2.24) is 10.4 Å². The van der Waals surface area contributed by atoms with E-state index in [2.05, 4.69) is 5.32 Å². The average Bonchev–Trinajstić information content (AvgIpc) is 2.74. The average molecular weight is 384 g/mol. The maximum Gasteiger partial charge on any atom is 0.434 e. The highest BCUT2D eigenvalue weighted by Crippen LogP contribution is 2.18. The molecule has 28 heavy (non-hydrogen) atoms. The molecule has 148 valence electrons. The number of carboxylic acids is 1. The number of nitrogens with one attached hydrogen (secondary N) is 1. The second kappa shape index (κ2) is 9.87. The summed E-state index contributed by atoms with van der Waals surface area (Å²) < 4.78 is 5.42. The van der Waals surface area contributed by atoms with E-state index in [0.717, 1.165) is 11.1 Å². The lowest BCUT2D eigenvalue weighted by molar-refractivity contribution is -0.177. The van der Waals surface area contributed by atoms with Crippen molar-refractivity contribution >= 4 is 12.1 Å². The lowest BCUT2D eigenvalue weighted by Gasteiger charge is -2.34. The third-order valence-electron chi connectivity index (χ3n) is 4.62. The van der Waals surface area contributed by atoms with Crippen LogP contribution in [-0.2, 0) is 27.6 Å². The van der Waals surface area contributed by atoms with Gasteiger partial charge in [0.2, 0.25) is 0 Å². The second-order valence-corrected chi connectivity index (χ2v) is 6.66. The number of benzene rings is 2. The summed E-state index contributed by atoms with van der Waals surface area (Å²) in [5, 5.41) is 13.3. The number of ether oxygens (including phenoxy) is 1. The van der Waals surface area contributed by atoms with Crippen LogP contribution in [0.15, 0.2) is 60.7 Å². The molecule has 0 spiro atoms. The highest BCUT2D eigenvalue weighted by Gasteiger charge is 2.33. The number of carboxylic acid groups (broad SMARTS) is 1. The van der Waals surface area contributed by atoms with Crippen LogP contribution in [0.3, 0.4) is 0 Å². The molecule has 1 heterocycles. The van der Waals surface area contributed by atoms with E-state index in [1.165, 1.54) is 5.06 Å². The van der Waals surface area contributed by atoms with E-state index in [-0.39, 0.29) is 19.3 Å². The monoisotopic (exact) mass is 384 g/mol. The third kappa shape index (κ3) is 5.55. The summed E-state index contributed by atoms with van der Waals surface area (Å²) in [6.45, 7) is 0.690. The van der Waals surface area contributed by atoms with Crippen molar-refractivity contribution in [3.05, 3.63) is 71.8 Å². The first-order chi connectivity index (χ1) is 13.6. The van der Waals surface area contributed by atoms with Gasteiger partial charge in [-0.3, -0.25) is 9.63 Å². The number of hydrogen-bond acceptors (Lipinski definition) is 5. The zero-order valence-corrected chi connectivity index (χ0v) is 15.5. The molecular formula is C21H24N2O5.